The molecule has 0 heterocycles. The lowest BCUT2D eigenvalue weighted by atomic mass is 10.2. The Bertz CT molecular complexity index is 467. The molecule has 0 saturated carbocycles. The van der Waals surface area contributed by atoms with Crippen LogP contribution in [0.2, 0.25) is 0 Å². The van der Waals surface area contributed by atoms with Gasteiger partial charge >= 0.3 is 0 Å². The summed E-state index contributed by atoms with van der Waals surface area (Å²) in [5.41, 5.74) is -0.830. The van der Waals surface area contributed by atoms with Crippen molar-refractivity contribution in [1.82, 2.24) is 0 Å². The molecule has 106 valence electrons. The SMILES string of the molecule is CC(C)OCCN(C)c1c([N+](=O)[O-])ccc(F)c1F. The van der Waals surface area contributed by atoms with Gasteiger partial charge in [0.05, 0.1) is 17.6 Å². The molecule has 0 radical (unpaired) electrons. The van der Waals surface area contributed by atoms with E-state index in [0.29, 0.717) is 0 Å². The van der Waals surface area contributed by atoms with E-state index in [2.05, 4.69) is 0 Å². The monoisotopic (exact) mass is 274 g/mol. The van der Waals surface area contributed by atoms with Crippen LogP contribution in [0.5, 0.6) is 0 Å². The molecular weight excluding hydrogens is 258 g/mol. The maximum absolute atomic E-state index is 13.7. The van der Waals surface area contributed by atoms with Crippen LogP contribution in [0.1, 0.15) is 13.8 Å². The average molecular weight is 274 g/mol. The second kappa shape index (κ2) is 6.42. The third-order valence-corrected chi connectivity index (χ3v) is 2.50. The van der Waals surface area contributed by atoms with Gasteiger partial charge < -0.3 is 9.64 Å². The van der Waals surface area contributed by atoms with Gasteiger partial charge in [0.2, 0.25) is 0 Å². The fourth-order valence-electron chi connectivity index (χ4n) is 1.58. The van der Waals surface area contributed by atoms with Gasteiger partial charge in [0.1, 0.15) is 0 Å². The van der Waals surface area contributed by atoms with E-state index in [4.69, 9.17) is 4.74 Å². The Morgan fingerprint density at radius 3 is 2.58 bits per heavy atom. The van der Waals surface area contributed by atoms with Gasteiger partial charge in [-0.1, -0.05) is 0 Å². The number of likely N-dealkylation sites (N-methyl/N-ethyl adjacent to an activating group) is 1. The molecule has 1 aromatic carbocycles. The molecule has 0 fully saturated rings. The number of benzene rings is 1. The number of halogens is 2. The van der Waals surface area contributed by atoms with Crippen LogP contribution in [0, 0.1) is 21.7 Å². The highest BCUT2D eigenvalue weighted by Gasteiger charge is 2.24. The van der Waals surface area contributed by atoms with Gasteiger partial charge in [-0.05, 0) is 19.9 Å². The summed E-state index contributed by atoms with van der Waals surface area (Å²) in [4.78, 5) is 11.4. The first kappa shape index (κ1) is 15.3. The molecule has 0 amide bonds. The topological polar surface area (TPSA) is 55.6 Å². The van der Waals surface area contributed by atoms with Crippen LogP contribution in [-0.4, -0.2) is 31.2 Å². The number of hydrogen-bond donors (Lipinski definition) is 0. The largest absolute Gasteiger partial charge is 0.377 e. The summed E-state index contributed by atoms with van der Waals surface area (Å²) in [6.45, 7) is 4.16. The fourth-order valence-corrected chi connectivity index (χ4v) is 1.58. The lowest BCUT2D eigenvalue weighted by Crippen LogP contribution is -2.26. The van der Waals surface area contributed by atoms with Crippen molar-refractivity contribution < 1.29 is 18.4 Å². The summed E-state index contributed by atoms with van der Waals surface area (Å²) >= 11 is 0. The van der Waals surface area contributed by atoms with Crippen molar-refractivity contribution in [2.75, 3.05) is 25.1 Å². The van der Waals surface area contributed by atoms with Crippen molar-refractivity contribution in [3.63, 3.8) is 0 Å². The van der Waals surface area contributed by atoms with Crippen LogP contribution in [0.4, 0.5) is 20.2 Å². The number of nitro groups is 1. The van der Waals surface area contributed by atoms with E-state index in [-0.39, 0.29) is 24.9 Å². The molecule has 0 aliphatic carbocycles. The minimum Gasteiger partial charge on any atom is -0.377 e. The number of ether oxygens (including phenoxy) is 1. The molecule has 0 aliphatic heterocycles. The maximum Gasteiger partial charge on any atom is 0.295 e. The third kappa shape index (κ3) is 3.85. The molecule has 0 N–H and O–H groups in total. The predicted molar refractivity (Wildman–Crippen MR) is 67.4 cm³/mol. The summed E-state index contributed by atoms with van der Waals surface area (Å²) in [7, 11) is 1.45. The van der Waals surface area contributed by atoms with Gasteiger partial charge in [0.25, 0.3) is 5.69 Å². The van der Waals surface area contributed by atoms with Crippen LogP contribution < -0.4 is 4.90 Å². The molecule has 5 nitrogen and oxygen atoms in total. The van der Waals surface area contributed by atoms with Crippen LogP contribution in [0.3, 0.4) is 0 Å². The molecule has 0 aliphatic rings. The van der Waals surface area contributed by atoms with E-state index >= 15 is 0 Å². The lowest BCUT2D eigenvalue weighted by Gasteiger charge is -2.20. The number of anilines is 1. The zero-order chi connectivity index (χ0) is 14.6. The maximum atomic E-state index is 13.7. The number of rotatable bonds is 6. The highest BCUT2D eigenvalue weighted by molar-refractivity contribution is 5.63. The van der Waals surface area contributed by atoms with Crippen molar-refractivity contribution in [3.05, 3.63) is 33.9 Å². The quantitative estimate of drug-likeness (QED) is 0.591. The van der Waals surface area contributed by atoms with Crippen molar-refractivity contribution in [2.24, 2.45) is 0 Å². The first-order valence-electron chi connectivity index (χ1n) is 5.79. The van der Waals surface area contributed by atoms with Crippen molar-refractivity contribution in [3.8, 4) is 0 Å². The van der Waals surface area contributed by atoms with Crippen LogP contribution in [0.15, 0.2) is 12.1 Å². The molecule has 7 heteroatoms. The normalized spacial score (nSPS) is 10.8. The van der Waals surface area contributed by atoms with Gasteiger partial charge in [0, 0.05) is 19.7 Å². The third-order valence-electron chi connectivity index (χ3n) is 2.50. The lowest BCUT2D eigenvalue weighted by molar-refractivity contribution is -0.384. The van der Waals surface area contributed by atoms with E-state index in [0.717, 1.165) is 12.1 Å². The van der Waals surface area contributed by atoms with Crippen LogP contribution >= 0.6 is 0 Å². The average Bonchev–Trinajstić information content (AvgIpc) is 2.31. The van der Waals surface area contributed by atoms with Gasteiger partial charge in [-0.2, -0.15) is 0 Å². The minimum absolute atomic E-state index is 0.000687. The molecule has 0 bridgehead atoms. The Balaban J connectivity index is 2.96. The second-order valence-electron chi connectivity index (χ2n) is 4.33. The van der Waals surface area contributed by atoms with E-state index in [1.807, 2.05) is 13.8 Å². The standard InChI is InChI=1S/C12H16F2N2O3/c1-8(2)19-7-6-15(3)12-10(16(17)18)5-4-9(13)11(12)14/h4-5,8H,6-7H2,1-3H3. The molecule has 0 aromatic heterocycles. The molecule has 0 saturated heterocycles. The Morgan fingerprint density at radius 2 is 2.05 bits per heavy atom. The smallest absolute Gasteiger partial charge is 0.295 e. The van der Waals surface area contributed by atoms with E-state index in [1.165, 1.54) is 11.9 Å². The van der Waals surface area contributed by atoms with Gasteiger partial charge in [0.15, 0.2) is 17.3 Å². The van der Waals surface area contributed by atoms with Crippen molar-refractivity contribution >= 4 is 11.4 Å². The van der Waals surface area contributed by atoms with Gasteiger partial charge in [-0.3, -0.25) is 10.1 Å². The number of nitro benzene ring substituents is 1. The van der Waals surface area contributed by atoms with Crippen LogP contribution in [-0.2, 0) is 4.74 Å². The van der Waals surface area contributed by atoms with Gasteiger partial charge in [-0.25, -0.2) is 8.78 Å². The predicted octanol–water partition coefficient (Wildman–Crippen LogP) is 2.73. The summed E-state index contributed by atoms with van der Waals surface area (Å²) in [6, 6.07) is 1.70. The molecule has 1 aromatic rings. The Kier molecular flexibility index (Phi) is 5.17. The van der Waals surface area contributed by atoms with Gasteiger partial charge in [-0.15, -0.1) is 0 Å². The zero-order valence-electron chi connectivity index (χ0n) is 11.0. The first-order chi connectivity index (χ1) is 8.84. The van der Waals surface area contributed by atoms with E-state index < -0.39 is 22.2 Å². The van der Waals surface area contributed by atoms with Crippen molar-refractivity contribution in [2.45, 2.75) is 20.0 Å². The summed E-state index contributed by atoms with van der Waals surface area (Å²) in [5.74, 6) is -2.33. The molecular formula is C12H16F2N2O3. The Hall–Kier alpha value is -1.76. The van der Waals surface area contributed by atoms with Crippen molar-refractivity contribution in [1.29, 1.82) is 0 Å². The highest BCUT2D eigenvalue weighted by Crippen LogP contribution is 2.31. The zero-order valence-corrected chi connectivity index (χ0v) is 11.0. The Labute approximate surface area is 109 Å². The number of nitrogens with zero attached hydrogens (tertiary/aromatic N) is 2. The first-order valence-corrected chi connectivity index (χ1v) is 5.79. The molecule has 19 heavy (non-hydrogen) atoms. The number of hydrogen-bond acceptors (Lipinski definition) is 4. The van der Waals surface area contributed by atoms with E-state index in [9.17, 15) is 18.9 Å². The second-order valence-corrected chi connectivity index (χ2v) is 4.33. The fraction of sp³-hybridized carbons (Fsp3) is 0.500. The molecule has 0 unspecified atom stereocenters. The van der Waals surface area contributed by atoms with E-state index in [1.54, 1.807) is 0 Å². The molecule has 0 spiro atoms. The summed E-state index contributed by atoms with van der Waals surface area (Å²) in [5, 5.41) is 10.8. The summed E-state index contributed by atoms with van der Waals surface area (Å²) in [6.07, 6.45) is 0.000687. The molecule has 1 rings (SSSR count). The minimum atomic E-state index is -1.22. The highest BCUT2D eigenvalue weighted by atomic mass is 19.2. The Morgan fingerprint density at radius 1 is 1.42 bits per heavy atom. The summed E-state index contributed by atoms with van der Waals surface area (Å²) < 4.78 is 32.2. The molecule has 0 atom stereocenters. The van der Waals surface area contributed by atoms with Crippen LogP contribution in [0.25, 0.3) is 0 Å².